The molecule has 0 radical (unpaired) electrons. The number of imide groups is 1. The molecule has 0 aromatic heterocycles. The molecule has 3 rings (SSSR count). The molecule has 1 heterocycles. The van der Waals surface area contributed by atoms with Gasteiger partial charge in [0, 0.05) is 17.1 Å². The van der Waals surface area contributed by atoms with Gasteiger partial charge in [-0.2, -0.15) is 0 Å². The summed E-state index contributed by atoms with van der Waals surface area (Å²) in [5, 5.41) is 2.45. The van der Waals surface area contributed by atoms with E-state index in [4.69, 9.17) is 11.6 Å². The van der Waals surface area contributed by atoms with Crippen molar-refractivity contribution in [3.8, 4) is 0 Å². The first kappa shape index (κ1) is 18.4. The van der Waals surface area contributed by atoms with Crippen molar-refractivity contribution in [2.45, 2.75) is 11.7 Å². The molecule has 1 N–H and O–H groups in total. The van der Waals surface area contributed by atoms with Gasteiger partial charge in [0.25, 0.3) is 0 Å². The number of carbonyl (C=O) groups is 3. The van der Waals surface area contributed by atoms with E-state index >= 15 is 0 Å². The van der Waals surface area contributed by atoms with Crippen molar-refractivity contribution >= 4 is 52.5 Å². The van der Waals surface area contributed by atoms with Gasteiger partial charge in [0.2, 0.25) is 17.7 Å². The molecule has 1 fully saturated rings. The molecule has 0 unspecified atom stereocenters. The molecule has 1 aliphatic rings. The normalized spacial score (nSPS) is 16.8. The SMILES string of the molecule is O=C(CS[C@H]1CC(=O)N(c2ccccc2F)C1=O)Nc1cccc(Cl)c1. The van der Waals surface area contributed by atoms with E-state index in [1.165, 1.54) is 18.2 Å². The average Bonchev–Trinajstić information content (AvgIpc) is 2.87. The Bertz CT molecular complexity index is 877. The molecule has 0 bridgehead atoms. The molecular formula is C18H14ClFN2O3S. The molecule has 0 saturated carbocycles. The maximum atomic E-state index is 13.9. The van der Waals surface area contributed by atoms with Crippen LogP contribution in [0.4, 0.5) is 15.8 Å². The maximum absolute atomic E-state index is 13.9. The minimum atomic E-state index is -0.716. The number of hydrogen-bond acceptors (Lipinski definition) is 4. The molecule has 0 aliphatic carbocycles. The van der Waals surface area contributed by atoms with Gasteiger partial charge in [-0.1, -0.05) is 29.8 Å². The van der Waals surface area contributed by atoms with Crippen LogP contribution in [0.3, 0.4) is 0 Å². The van der Waals surface area contributed by atoms with Gasteiger partial charge >= 0.3 is 0 Å². The third-order valence-corrected chi connectivity index (χ3v) is 5.16. The molecule has 2 aromatic rings. The second-order valence-corrected chi connectivity index (χ2v) is 7.21. The lowest BCUT2D eigenvalue weighted by Crippen LogP contribution is -2.32. The number of hydrogen-bond donors (Lipinski definition) is 1. The number of benzene rings is 2. The summed E-state index contributed by atoms with van der Waals surface area (Å²) in [6, 6.07) is 12.3. The van der Waals surface area contributed by atoms with Crippen LogP contribution in [0.15, 0.2) is 48.5 Å². The molecule has 134 valence electrons. The van der Waals surface area contributed by atoms with E-state index in [1.54, 1.807) is 30.3 Å². The maximum Gasteiger partial charge on any atom is 0.247 e. The number of rotatable bonds is 5. The number of anilines is 2. The lowest BCUT2D eigenvalue weighted by Gasteiger charge is -2.15. The molecule has 1 atom stereocenters. The zero-order valence-electron chi connectivity index (χ0n) is 13.4. The van der Waals surface area contributed by atoms with Crippen LogP contribution in [-0.2, 0) is 14.4 Å². The fourth-order valence-electron chi connectivity index (χ4n) is 2.56. The fourth-order valence-corrected chi connectivity index (χ4v) is 3.68. The number of amides is 3. The number of para-hydroxylation sites is 1. The topological polar surface area (TPSA) is 66.5 Å². The van der Waals surface area contributed by atoms with Gasteiger partial charge in [-0.3, -0.25) is 14.4 Å². The van der Waals surface area contributed by atoms with Crippen LogP contribution in [0, 0.1) is 5.82 Å². The van der Waals surface area contributed by atoms with Crippen LogP contribution in [0.1, 0.15) is 6.42 Å². The first-order valence-electron chi connectivity index (χ1n) is 7.74. The van der Waals surface area contributed by atoms with E-state index in [9.17, 15) is 18.8 Å². The molecular weight excluding hydrogens is 379 g/mol. The number of carbonyl (C=O) groups excluding carboxylic acids is 3. The number of nitrogens with one attached hydrogen (secondary N) is 1. The van der Waals surface area contributed by atoms with Gasteiger partial charge in [0.15, 0.2) is 0 Å². The highest BCUT2D eigenvalue weighted by Crippen LogP contribution is 2.31. The first-order chi connectivity index (χ1) is 12.5. The molecule has 26 heavy (non-hydrogen) atoms. The predicted molar refractivity (Wildman–Crippen MR) is 99.8 cm³/mol. The lowest BCUT2D eigenvalue weighted by atomic mass is 10.3. The summed E-state index contributed by atoms with van der Waals surface area (Å²) in [6.45, 7) is 0. The smallest absolute Gasteiger partial charge is 0.247 e. The van der Waals surface area contributed by atoms with Gasteiger partial charge in [-0.25, -0.2) is 9.29 Å². The van der Waals surface area contributed by atoms with E-state index in [0.29, 0.717) is 10.7 Å². The van der Waals surface area contributed by atoms with Crippen LogP contribution < -0.4 is 10.2 Å². The summed E-state index contributed by atoms with van der Waals surface area (Å²) in [5.74, 6) is -1.96. The number of nitrogens with zero attached hydrogens (tertiary/aromatic N) is 1. The minimum Gasteiger partial charge on any atom is -0.325 e. The highest BCUT2D eigenvalue weighted by molar-refractivity contribution is 8.01. The second-order valence-electron chi connectivity index (χ2n) is 5.58. The predicted octanol–water partition coefficient (Wildman–Crippen LogP) is 3.48. The molecule has 1 saturated heterocycles. The van der Waals surface area contributed by atoms with Crippen molar-refractivity contribution in [3.05, 3.63) is 59.4 Å². The van der Waals surface area contributed by atoms with Crippen molar-refractivity contribution in [3.63, 3.8) is 0 Å². The van der Waals surface area contributed by atoms with E-state index in [1.807, 2.05) is 0 Å². The standard InChI is InChI=1S/C18H14ClFN2O3S/c19-11-4-3-5-12(8-11)21-16(23)10-26-15-9-17(24)22(18(15)25)14-7-2-1-6-13(14)20/h1-8,15H,9-10H2,(H,21,23)/t15-/m0/s1. The van der Waals surface area contributed by atoms with Crippen LogP contribution in [0.5, 0.6) is 0 Å². The lowest BCUT2D eigenvalue weighted by molar-refractivity contribution is -0.121. The fraction of sp³-hybridized carbons (Fsp3) is 0.167. The Morgan fingerprint density at radius 3 is 2.73 bits per heavy atom. The highest BCUT2D eigenvalue weighted by Gasteiger charge is 2.41. The molecule has 0 spiro atoms. The van der Waals surface area contributed by atoms with Crippen molar-refractivity contribution in [1.29, 1.82) is 0 Å². The Labute approximate surface area is 158 Å². The zero-order valence-corrected chi connectivity index (χ0v) is 15.0. The molecule has 5 nitrogen and oxygen atoms in total. The zero-order chi connectivity index (χ0) is 18.7. The summed E-state index contributed by atoms with van der Waals surface area (Å²) in [4.78, 5) is 37.5. The minimum absolute atomic E-state index is 0.0126. The first-order valence-corrected chi connectivity index (χ1v) is 9.17. The number of thioether (sulfide) groups is 1. The quantitative estimate of drug-likeness (QED) is 0.791. The molecule has 1 aliphatic heterocycles. The van der Waals surface area contributed by atoms with Gasteiger partial charge in [0.1, 0.15) is 5.82 Å². The van der Waals surface area contributed by atoms with E-state index in [2.05, 4.69) is 5.32 Å². The molecule has 8 heteroatoms. The Morgan fingerprint density at radius 1 is 1.23 bits per heavy atom. The summed E-state index contributed by atoms with van der Waals surface area (Å²) < 4.78 is 13.9. The van der Waals surface area contributed by atoms with Gasteiger partial charge in [-0.15, -0.1) is 11.8 Å². The summed E-state index contributed by atoms with van der Waals surface area (Å²) in [5.41, 5.74) is 0.485. The van der Waals surface area contributed by atoms with Crippen LogP contribution in [0.2, 0.25) is 5.02 Å². The van der Waals surface area contributed by atoms with Crippen LogP contribution in [-0.4, -0.2) is 28.7 Å². The highest BCUT2D eigenvalue weighted by atomic mass is 35.5. The summed E-state index contributed by atoms with van der Waals surface area (Å²) in [7, 11) is 0. The van der Waals surface area contributed by atoms with Crippen LogP contribution in [0.25, 0.3) is 0 Å². The summed E-state index contributed by atoms with van der Waals surface area (Å²) in [6.07, 6.45) is -0.0672. The third kappa shape index (κ3) is 4.05. The summed E-state index contributed by atoms with van der Waals surface area (Å²) >= 11 is 6.91. The third-order valence-electron chi connectivity index (χ3n) is 3.72. The number of halogens is 2. The van der Waals surface area contributed by atoms with Gasteiger partial charge in [-0.05, 0) is 30.3 Å². The van der Waals surface area contributed by atoms with E-state index in [-0.39, 0.29) is 23.8 Å². The van der Waals surface area contributed by atoms with Crippen molar-refractivity contribution in [1.82, 2.24) is 0 Å². The second kappa shape index (κ2) is 7.88. The van der Waals surface area contributed by atoms with Gasteiger partial charge < -0.3 is 5.32 Å². The largest absolute Gasteiger partial charge is 0.325 e. The van der Waals surface area contributed by atoms with Crippen molar-refractivity contribution in [2.75, 3.05) is 16.0 Å². The average molecular weight is 393 g/mol. The van der Waals surface area contributed by atoms with E-state index < -0.39 is 22.9 Å². The molecule has 2 aromatic carbocycles. The van der Waals surface area contributed by atoms with E-state index in [0.717, 1.165) is 16.7 Å². The van der Waals surface area contributed by atoms with Gasteiger partial charge in [0.05, 0.1) is 16.7 Å². The molecule has 3 amide bonds. The Kier molecular flexibility index (Phi) is 5.58. The Hall–Kier alpha value is -2.38. The van der Waals surface area contributed by atoms with Crippen molar-refractivity contribution < 1.29 is 18.8 Å². The van der Waals surface area contributed by atoms with Crippen molar-refractivity contribution in [2.24, 2.45) is 0 Å². The Balaban J connectivity index is 1.61. The van der Waals surface area contributed by atoms with Crippen LogP contribution >= 0.6 is 23.4 Å². The Morgan fingerprint density at radius 2 is 2.00 bits per heavy atom. The monoisotopic (exact) mass is 392 g/mol.